The van der Waals surface area contributed by atoms with Gasteiger partial charge in [-0.15, -0.1) is 0 Å². The van der Waals surface area contributed by atoms with E-state index in [-0.39, 0.29) is 11.3 Å². The second-order valence-electron chi connectivity index (χ2n) is 3.23. The van der Waals surface area contributed by atoms with Crippen LogP contribution in [0.2, 0.25) is 0 Å². The Kier molecular flexibility index (Phi) is 2.20. The largest absolute Gasteiger partial charge is 0.506 e. The normalized spacial score (nSPS) is 13.7. The van der Waals surface area contributed by atoms with E-state index in [2.05, 4.69) is 15.0 Å². The molecule has 0 unspecified atom stereocenters. The molecule has 1 aromatic heterocycles. The summed E-state index contributed by atoms with van der Waals surface area (Å²) < 4.78 is 4.42. The predicted molar refractivity (Wildman–Crippen MR) is 50.6 cm³/mol. The van der Waals surface area contributed by atoms with Gasteiger partial charge in [-0.25, -0.2) is 4.79 Å². The van der Waals surface area contributed by atoms with Gasteiger partial charge in [-0.2, -0.15) is 0 Å². The Labute approximate surface area is 84.9 Å². The average molecular weight is 210 g/mol. The van der Waals surface area contributed by atoms with Gasteiger partial charge in [0.15, 0.2) is 5.56 Å². The van der Waals surface area contributed by atoms with E-state index < -0.39 is 11.5 Å². The lowest BCUT2D eigenvalue weighted by molar-refractivity contribution is 0.0595. The molecule has 6 nitrogen and oxygen atoms in total. The molecule has 1 aliphatic heterocycles. The van der Waals surface area contributed by atoms with E-state index in [1.807, 2.05) is 0 Å². The molecule has 2 rings (SSSR count). The molecule has 0 spiro atoms. The SMILES string of the molecule is COC(=O)c1c(O)c2c([nH]c1=O)CNC2. The highest BCUT2D eigenvalue weighted by molar-refractivity contribution is 5.92. The molecule has 0 bridgehead atoms. The maximum atomic E-state index is 11.5. The molecule has 0 atom stereocenters. The van der Waals surface area contributed by atoms with Gasteiger partial charge in [0.25, 0.3) is 5.56 Å². The van der Waals surface area contributed by atoms with Gasteiger partial charge in [0.1, 0.15) is 5.75 Å². The number of nitrogens with one attached hydrogen (secondary N) is 2. The van der Waals surface area contributed by atoms with Crippen LogP contribution in [0.4, 0.5) is 0 Å². The number of methoxy groups -OCH3 is 1. The van der Waals surface area contributed by atoms with Crippen LogP contribution < -0.4 is 10.9 Å². The molecule has 1 aromatic rings. The summed E-state index contributed by atoms with van der Waals surface area (Å²) in [7, 11) is 1.16. The van der Waals surface area contributed by atoms with Gasteiger partial charge in [-0.1, -0.05) is 0 Å². The summed E-state index contributed by atoms with van der Waals surface area (Å²) in [6.45, 7) is 0.918. The van der Waals surface area contributed by atoms with E-state index in [0.717, 1.165) is 7.11 Å². The molecule has 0 radical (unpaired) electrons. The van der Waals surface area contributed by atoms with Crippen LogP contribution in [0.25, 0.3) is 0 Å². The van der Waals surface area contributed by atoms with Gasteiger partial charge in [0.2, 0.25) is 0 Å². The van der Waals surface area contributed by atoms with E-state index in [1.165, 1.54) is 0 Å². The molecule has 3 N–H and O–H groups in total. The fourth-order valence-corrected chi connectivity index (χ4v) is 1.62. The number of hydrogen-bond acceptors (Lipinski definition) is 5. The summed E-state index contributed by atoms with van der Waals surface area (Å²) in [4.78, 5) is 25.2. The molecule has 0 amide bonds. The molecule has 0 saturated heterocycles. The summed E-state index contributed by atoms with van der Waals surface area (Å²) in [5.74, 6) is -1.12. The Balaban J connectivity index is 2.66. The molecule has 0 aliphatic carbocycles. The third-order valence-electron chi connectivity index (χ3n) is 2.37. The number of carbonyl (C=O) groups is 1. The zero-order valence-electron chi connectivity index (χ0n) is 8.09. The maximum Gasteiger partial charge on any atom is 0.347 e. The first-order valence-electron chi connectivity index (χ1n) is 4.41. The smallest absolute Gasteiger partial charge is 0.347 e. The number of carbonyl (C=O) groups excluding carboxylic acids is 1. The van der Waals surface area contributed by atoms with Crippen molar-refractivity contribution < 1.29 is 14.6 Å². The lowest BCUT2D eigenvalue weighted by Gasteiger charge is -2.05. The third-order valence-corrected chi connectivity index (χ3v) is 2.37. The standard InChI is InChI=1S/C9H10N2O4/c1-15-9(14)6-7(12)4-2-10-3-5(4)11-8(6)13/h10H,2-3H2,1H3,(H2,11,12,13). The minimum absolute atomic E-state index is 0.286. The Hall–Kier alpha value is -1.82. The van der Waals surface area contributed by atoms with Crippen molar-refractivity contribution >= 4 is 5.97 Å². The molecule has 2 heterocycles. The van der Waals surface area contributed by atoms with Gasteiger partial charge in [0.05, 0.1) is 7.11 Å². The average Bonchev–Trinajstić information content (AvgIpc) is 2.65. The molecule has 15 heavy (non-hydrogen) atoms. The Morgan fingerprint density at radius 3 is 2.87 bits per heavy atom. The lowest BCUT2D eigenvalue weighted by Crippen LogP contribution is -2.21. The van der Waals surface area contributed by atoms with Gasteiger partial charge in [-0.3, -0.25) is 4.79 Å². The summed E-state index contributed by atoms with van der Waals surface area (Å²) in [6.07, 6.45) is 0. The number of aromatic hydroxyl groups is 1. The Morgan fingerprint density at radius 1 is 1.47 bits per heavy atom. The monoisotopic (exact) mass is 210 g/mol. The van der Waals surface area contributed by atoms with Gasteiger partial charge in [-0.05, 0) is 0 Å². The van der Waals surface area contributed by atoms with Crippen molar-refractivity contribution in [1.29, 1.82) is 0 Å². The van der Waals surface area contributed by atoms with Crippen molar-refractivity contribution in [2.24, 2.45) is 0 Å². The fourth-order valence-electron chi connectivity index (χ4n) is 1.62. The molecular weight excluding hydrogens is 200 g/mol. The van der Waals surface area contributed by atoms with Crippen LogP contribution in [0.5, 0.6) is 5.75 Å². The van der Waals surface area contributed by atoms with Crippen LogP contribution in [-0.4, -0.2) is 23.2 Å². The topological polar surface area (TPSA) is 91.4 Å². The van der Waals surface area contributed by atoms with E-state index in [4.69, 9.17) is 0 Å². The number of ether oxygens (including phenoxy) is 1. The molecule has 0 fully saturated rings. The first kappa shape index (κ1) is 9.72. The number of rotatable bonds is 1. The van der Waals surface area contributed by atoms with E-state index in [1.54, 1.807) is 0 Å². The highest BCUT2D eigenvalue weighted by Crippen LogP contribution is 2.25. The van der Waals surface area contributed by atoms with E-state index in [0.29, 0.717) is 24.3 Å². The molecule has 1 aliphatic rings. The second-order valence-corrected chi connectivity index (χ2v) is 3.23. The summed E-state index contributed by atoms with van der Waals surface area (Å²) in [6, 6.07) is 0. The van der Waals surface area contributed by atoms with E-state index in [9.17, 15) is 14.7 Å². The quantitative estimate of drug-likeness (QED) is 0.542. The third kappa shape index (κ3) is 1.39. The fraction of sp³-hybridized carbons (Fsp3) is 0.333. The highest BCUT2D eigenvalue weighted by Gasteiger charge is 2.24. The number of hydrogen-bond donors (Lipinski definition) is 3. The zero-order valence-corrected chi connectivity index (χ0v) is 8.09. The number of aromatic nitrogens is 1. The van der Waals surface area contributed by atoms with Crippen LogP contribution in [-0.2, 0) is 17.8 Å². The van der Waals surface area contributed by atoms with Crippen molar-refractivity contribution in [1.82, 2.24) is 10.3 Å². The molecule has 0 aromatic carbocycles. The van der Waals surface area contributed by atoms with Crippen LogP contribution in [0.1, 0.15) is 21.6 Å². The van der Waals surface area contributed by atoms with Crippen molar-refractivity contribution in [3.63, 3.8) is 0 Å². The molecule has 0 saturated carbocycles. The molecule has 80 valence electrons. The van der Waals surface area contributed by atoms with Gasteiger partial charge < -0.3 is 20.1 Å². The summed E-state index contributed by atoms with van der Waals surface area (Å²) in [5.41, 5.74) is 0.210. The number of esters is 1. The van der Waals surface area contributed by atoms with Crippen molar-refractivity contribution in [2.75, 3.05) is 7.11 Å². The van der Waals surface area contributed by atoms with Gasteiger partial charge >= 0.3 is 5.97 Å². The maximum absolute atomic E-state index is 11.5. The predicted octanol–water partition coefficient (Wildman–Crippen LogP) is -0.530. The number of fused-ring (bicyclic) bond motifs is 1. The minimum atomic E-state index is -0.830. The van der Waals surface area contributed by atoms with Crippen LogP contribution in [0, 0.1) is 0 Å². The second kappa shape index (κ2) is 3.39. The van der Waals surface area contributed by atoms with Crippen molar-refractivity contribution in [3.05, 3.63) is 27.2 Å². The van der Waals surface area contributed by atoms with E-state index >= 15 is 0 Å². The first-order chi connectivity index (χ1) is 7.15. The Morgan fingerprint density at radius 2 is 2.20 bits per heavy atom. The summed E-state index contributed by atoms with van der Waals surface area (Å²) in [5, 5.41) is 12.7. The number of pyridine rings is 1. The van der Waals surface area contributed by atoms with Crippen molar-refractivity contribution in [3.8, 4) is 5.75 Å². The summed E-state index contributed by atoms with van der Waals surface area (Å²) >= 11 is 0. The van der Waals surface area contributed by atoms with Crippen LogP contribution in [0.3, 0.4) is 0 Å². The highest BCUT2D eigenvalue weighted by atomic mass is 16.5. The van der Waals surface area contributed by atoms with Crippen LogP contribution in [0.15, 0.2) is 4.79 Å². The first-order valence-corrected chi connectivity index (χ1v) is 4.41. The number of aromatic amines is 1. The van der Waals surface area contributed by atoms with Crippen molar-refractivity contribution in [2.45, 2.75) is 13.1 Å². The lowest BCUT2D eigenvalue weighted by atomic mass is 10.1. The van der Waals surface area contributed by atoms with Crippen LogP contribution >= 0.6 is 0 Å². The number of H-pyrrole nitrogens is 1. The molecule has 6 heteroatoms. The Bertz CT molecular complexity index is 478. The molecular formula is C9H10N2O4. The van der Waals surface area contributed by atoms with Gasteiger partial charge in [0, 0.05) is 24.3 Å². The minimum Gasteiger partial charge on any atom is -0.506 e. The zero-order chi connectivity index (χ0) is 11.0.